The molecule has 74 valence electrons. The van der Waals surface area contributed by atoms with E-state index in [1.54, 1.807) is 0 Å². The minimum Gasteiger partial charge on any atom is -0.481 e. The number of carbonyl (C=O) groups is 3. The van der Waals surface area contributed by atoms with E-state index in [2.05, 4.69) is 0 Å². The molecule has 4 N–H and O–H groups in total. The van der Waals surface area contributed by atoms with Crippen LogP contribution in [0, 0.1) is 0 Å². The largest absolute Gasteiger partial charge is 0.481 e. The summed E-state index contributed by atoms with van der Waals surface area (Å²) in [6, 6.07) is 0. The van der Waals surface area contributed by atoms with Gasteiger partial charge in [-0.1, -0.05) is 0 Å². The average molecular weight is 196 g/mol. The Morgan fingerprint density at radius 2 is 1.38 bits per heavy atom. The molecule has 0 saturated carbocycles. The van der Waals surface area contributed by atoms with Crippen molar-refractivity contribution in [1.29, 1.82) is 0 Å². The van der Waals surface area contributed by atoms with Gasteiger partial charge in [0.05, 0.1) is 12.7 Å². The van der Waals surface area contributed by atoms with Crippen LogP contribution in [0.4, 0.5) is 0 Å². The quantitative estimate of drug-likeness (QED) is 0.431. The number of hydrogen-bond donors (Lipinski definition) is 4. The number of aliphatic carboxylic acids is 3. The maximum Gasteiger partial charge on any atom is 0.336 e. The summed E-state index contributed by atoms with van der Waals surface area (Å²) >= 11 is 0. The first-order valence-corrected chi connectivity index (χ1v) is 2.76. The summed E-state index contributed by atoms with van der Waals surface area (Å²) in [4.78, 5) is 31.6. The number of rotatable bonds is 5. The van der Waals surface area contributed by atoms with Crippen LogP contribution in [0.5, 0.6) is 0 Å². The lowest BCUT2D eigenvalue weighted by Crippen LogP contribution is -2.42. The molecule has 0 radical (unpaired) electrons. The molecule has 0 aliphatic heterocycles. The van der Waals surface area contributed by atoms with Crippen molar-refractivity contribution < 1.29 is 40.3 Å². The first-order chi connectivity index (χ1) is 7.33. The Balaban J connectivity index is 6.07. The molecule has 0 fully saturated rings. The molecule has 0 heterocycles. The summed E-state index contributed by atoms with van der Waals surface area (Å²) < 4.78 is 27.4. The Labute approximate surface area is 77.8 Å². The maximum absolute atomic E-state index is 10.7. The minimum absolute atomic E-state index is 2.51. The second kappa shape index (κ2) is 3.85. The van der Waals surface area contributed by atoms with E-state index in [0.717, 1.165) is 0 Å². The van der Waals surface area contributed by atoms with Gasteiger partial charge in [-0.3, -0.25) is 9.59 Å². The molecule has 0 spiro atoms. The highest BCUT2D eigenvalue weighted by Crippen LogP contribution is 2.15. The molecule has 0 unspecified atom stereocenters. The van der Waals surface area contributed by atoms with Gasteiger partial charge in [0, 0.05) is 5.48 Å². The van der Waals surface area contributed by atoms with Gasteiger partial charge < -0.3 is 20.4 Å². The first kappa shape index (κ1) is 5.92. The van der Waals surface area contributed by atoms with Gasteiger partial charge in [-0.25, -0.2) is 4.79 Å². The van der Waals surface area contributed by atoms with Gasteiger partial charge in [0.15, 0.2) is 5.60 Å². The van der Waals surface area contributed by atoms with Crippen LogP contribution in [-0.2, 0) is 14.4 Å². The molecule has 0 aliphatic carbocycles. The lowest BCUT2D eigenvalue weighted by atomic mass is 9.96. The number of carboxylic acids is 3. The molecular formula is C6H8O7. The number of carboxylic acid groups (broad SMARTS) is 3. The third-order valence-corrected chi connectivity index (χ3v) is 0.885. The lowest BCUT2D eigenvalue weighted by Gasteiger charge is -2.18. The molecule has 0 atom stereocenters. The van der Waals surface area contributed by atoms with Crippen LogP contribution < -0.4 is 0 Å². The van der Waals surface area contributed by atoms with Crippen molar-refractivity contribution in [1.82, 2.24) is 0 Å². The van der Waals surface area contributed by atoms with E-state index in [4.69, 9.17) is 20.8 Å². The van der Waals surface area contributed by atoms with Crippen molar-refractivity contribution in [3.63, 3.8) is 0 Å². The number of aliphatic hydroxyl groups is 1. The van der Waals surface area contributed by atoms with Gasteiger partial charge in [-0.2, -0.15) is 0 Å². The summed E-state index contributed by atoms with van der Waals surface area (Å²) in [6.07, 6.45) is -8.08. The van der Waals surface area contributed by atoms with Crippen LogP contribution >= 0.6 is 0 Å². The summed E-state index contributed by atoms with van der Waals surface area (Å²) in [6.45, 7) is 0. The fraction of sp³-hybridized carbons (Fsp3) is 0.500. The van der Waals surface area contributed by atoms with Crippen molar-refractivity contribution in [3.05, 3.63) is 0 Å². The van der Waals surface area contributed by atoms with Gasteiger partial charge in [0.2, 0.25) is 0 Å². The van der Waals surface area contributed by atoms with Crippen LogP contribution in [0.15, 0.2) is 0 Å². The fourth-order valence-electron chi connectivity index (χ4n) is 0.448. The predicted molar refractivity (Wildman–Crippen MR) is 37.1 cm³/mol. The van der Waals surface area contributed by atoms with Gasteiger partial charge in [-0.05, 0) is 0 Å². The molecule has 0 aliphatic rings. The van der Waals surface area contributed by atoms with Crippen LogP contribution in [0.2, 0.25) is 0 Å². The SMILES string of the molecule is [2H]C([2H])(C(=O)O)C(O)(C(=O)O)C([2H])([2H])C(=O)O. The third kappa shape index (κ3) is 3.52. The Kier molecular flexibility index (Phi) is 1.76. The van der Waals surface area contributed by atoms with Gasteiger partial charge in [0.1, 0.15) is 0 Å². The topological polar surface area (TPSA) is 132 Å². The van der Waals surface area contributed by atoms with Crippen molar-refractivity contribution in [2.24, 2.45) is 0 Å². The van der Waals surface area contributed by atoms with E-state index in [0.29, 0.717) is 0 Å². The van der Waals surface area contributed by atoms with Crippen molar-refractivity contribution >= 4 is 17.9 Å². The van der Waals surface area contributed by atoms with Crippen LogP contribution in [-0.4, -0.2) is 43.9 Å². The lowest BCUT2D eigenvalue weighted by molar-refractivity contribution is -0.170. The summed E-state index contributed by atoms with van der Waals surface area (Å²) in [5.74, 6) is -7.66. The van der Waals surface area contributed by atoms with Crippen LogP contribution in [0.1, 0.15) is 18.2 Å². The summed E-state index contributed by atoms with van der Waals surface area (Å²) in [7, 11) is 0. The molecule has 7 nitrogen and oxygen atoms in total. The average Bonchev–Trinajstić information content (AvgIpc) is 2.14. The summed E-state index contributed by atoms with van der Waals surface area (Å²) in [5.41, 5.74) is -4.28. The standard InChI is InChI=1S/C6H8O7/c7-3(8)1-6(13,5(11)12)2-4(9)10/h13H,1-2H2,(H,7,8)(H,9,10)(H,11,12)/i1D2,2D2. The molecular weight excluding hydrogens is 184 g/mol. The third-order valence-electron chi connectivity index (χ3n) is 0.885. The highest BCUT2D eigenvalue weighted by molar-refractivity contribution is 5.88. The molecule has 0 bridgehead atoms. The van der Waals surface area contributed by atoms with Gasteiger partial charge in [-0.15, -0.1) is 0 Å². The van der Waals surface area contributed by atoms with Gasteiger partial charge >= 0.3 is 17.9 Å². The zero-order valence-electron chi connectivity index (χ0n) is 10.0. The fourth-order valence-corrected chi connectivity index (χ4v) is 0.448. The van der Waals surface area contributed by atoms with E-state index in [1.807, 2.05) is 0 Å². The molecule has 0 amide bonds. The van der Waals surface area contributed by atoms with E-state index < -0.39 is 36.3 Å². The second-order valence-electron chi connectivity index (χ2n) is 1.88. The normalized spacial score (nSPS) is 17.6. The van der Waals surface area contributed by atoms with E-state index in [9.17, 15) is 19.5 Å². The first-order valence-electron chi connectivity index (χ1n) is 4.76. The Morgan fingerprint density at radius 3 is 1.54 bits per heavy atom. The molecule has 7 heteroatoms. The molecule has 0 aromatic heterocycles. The Hall–Kier alpha value is -1.63. The predicted octanol–water partition coefficient (Wildman–Crippen LogP) is -1.25. The molecule has 0 aromatic rings. The van der Waals surface area contributed by atoms with Gasteiger partial charge in [0.25, 0.3) is 0 Å². The maximum atomic E-state index is 10.7. The highest BCUT2D eigenvalue weighted by atomic mass is 16.4. The Morgan fingerprint density at radius 1 is 1.08 bits per heavy atom. The minimum atomic E-state index is -4.28. The zero-order valence-corrected chi connectivity index (χ0v) is 6.01. The molecule has 0 aromatic carbocycles. The molecule has 13 heavy (non-hydrogen) atoms. The van der Waals surface area contributed by atoms with Crippen molar-refractivity contribution in [2.45, 2.75) is 18.3 Å². The van der Waals surface area contributed by atoms with Crippen LogP contribution in [0.25, 0.3) is 0 Å². The number of hydrogen-bond acceptors (Lipinski definition) is 4. The smallest absolute Gasteiger partial charge is 0.336 e. The van der Waals surface area contributed by atoms with Crippen molar-refractivity contribution in [3.8, 4) is 0 Å². The van der Waals surface area contributed by atoms with Crippen molar-refractivity contribution in [2.75, 3.05) is 0 Å². The monoisotopic (exact) mass is 196 g/mol. The van der Waals surface area contributed by atoms with E-state index >= 15 is 0 Å². The van der Waals surface area contributed by atoms with Crippen LogP contribution in [0.3, 0.4) is 0 Å². The molecule has 0 rings (SSSR count). The van der Waals surface area contributed by atoms with E-state index in [1.165, 1.54) is 0 Å². The second-order valence-corrected chi connectivity index (χ2v) is 1.88. The Bertz CT molecular complexity index is 351. The zero-order chi connectivity index (χ0) is 14.2. The highest BCUT2D eigenvalue weighted by Gasteiger charge is 2.40. The van der Waals surface area contributed by atoms with E-state index in [-0.39, 0.29) is 0 Å². The summed E-state index contributed by atoms with van der Waals surface area (Å²) in [5, 5.41) is 34.7. The molecule has 0 saturated heterocycles.